The molecular formula is C14H14BrFN2OS. The third-order valence-electron chi connectivity index (χ3n) is 3.02. The Kier molecular flexibility index (Phi) is 4.45. The standard InChI is InChI=1S/C14H14BrFN2OS/c1-7-10(16)5-9(14(17)19)6-11(7)18-8(2)12-3-4-13(15)20-12/h3-6,8,18H,1-2H3,(H2,17,19). The molecule has 3 nitrogen and oxygen atoms in total. The number of primary amides is 1. The van der Waals surface area contributed by atoms with Crippen molar-refractivity contribution in [3.05, 3.63) is 49.9 Å². The van der Waals surface area contributed by atoms with E-state index in [9.17, 15) is 9.18 Å². The topological polar surface area (TPSA) is 55.1 Å². The Balaban J connectivity index is 2.30. The molecule has 3 N–H and O–H groups in total. The van der Waals surface area contributed by atoms with Crippen LogP contribution in [0.3, 0.4) is 0 Å². The van der Waals surface area contributed by atoms with Crippen molar-refractivity contribution in [2.24, 2.45) is 5.73 Å². The zero-order chi connectivity index (χ0) is 14.9. The predicted molar refractivity (Wildman–Crippen MR) is 83.7 cm³/mol. The molecule has 0 saturated heterocycles. The number of anilines is 1. The van der Waals surface area contributed by atoms with Crippen LogP contribution in [0.15, 0.2) is 28.1 Å². The van der Waals surface area contributed by atoms with Crippen molar-refractivity contribution in [3.8, 4) is 0 Å². The van der Waals surface area contributed by atoms with E-state index >= 15 is 0 Å². The Morgan fingerprint density at radius 3 is 2.70 bits per heavy atom. The van der Waals surface area contributed by atoms with Crippen LogP contribution in [0.5, 0.6) is 0 Å². The number of rotatable bonds is 4. The summed E-state index contributed by atoms with van der Waals surface area (Å²) in [7, 11) is 0. The fourth-order valence-corrected chi connectivity index (χ4v) is 3.26. The van der Waals surface area contributed by atoms with E-state index in [4.69, 9.17) is 5.73 Å². The third kappa shape index (κ3) is 3.19. The van der Waals surface area contributed by atoms with Gasteiger partial charge in [0.2, 0.25) is 5.91 Å². The largest absolute Gasteiger partial charge is 0.377 e. The molecule has 2 rings (SSSR count). The minimum Gasteiger partial charge on any atom is -0.377 e. The number of nitrogens with one attached hydrogen (secondary N) is 1. The van der Waals surface area contributed by atoms with Crippen molar-refractivity contribution in [2.75, 3.05) is 5.32 Å². The predicted octanol–water partition coefficient (Wildman–Crippen LogP) is 4.23. The molecule has 0 aliphatic carbocycles. The highest BCUT2D eigenvalue weighted by Gasteiger charge is 2.14. The highest BCUT2D eigenvalue weighted by molar-refractivity contribution is 9.11. The van der Waals surface area contributed by atoms with E-state index < -0.39 is 11.7 Å². The Morgan fingerprint density at radius 2 is 2.15 bits per heavy atom. The van der Waals surface area contributed by atoms with Gasteiger partial charge in [-0.15, -0.1) is 11.3 Å². The molecule has 1 aromatic carbocycles. The number of nitrogens with two attached hydrogens (primary N) is 1. The van der Waals surface area contributed by atoms with Gasteiger partial charge < -0.3 is 11.1 Å². The smallest absolute Gasteiger partial charge is 0.248 e. The van der Waals surface area contributed by atoms with Crippen LogP contribution >= 0.6 is 27.3 Å². The lowest BCUT2D eigenvalue weighted by Gasteiger charge is -2.17. The first-order valence-corrected chi connectivity index (χ1v) is 7.61. The molecule has 1 amide bonds. The van der Waals surface area contributed by atoms with Crippen molar-refractivity contribution in [1.29, 1.82) is 0 Å². The lowest BCUT2D eigenvalue weighted by atomic mass is 10.1. The van der Waals surface area contributed by atoms with Gasteiger partial charge in [-0.2, -0.15) is 0 Å². The highest BCUT2D eigenvalue weighted by atomic mass is 79.9. The van der Waals surface area contributed by atoms with Crippen molar-refractivity contribution in [2.45, 2.75) is 19.9 Å². The van der Waals surface area contributed by atoms with Crippen LogP contribution in [0.25, 0.3) is 0 Å². The minimum absolute atomic E-state index is 0.00697. The SMILES string of the molecule is Cc1c(F)cc(C(N)=O)cc1NC(C)c1ccc(Br)s1. The highest BCUT2D eigenvalue weighted by Crippen LogP contribution is 2.31. The van der Waals surface area contributed by atoms with Gasteiger partial charge in [0, 0.05) is 21.7 Å². The second kappa shape index (κ2) is 5.93. The lowest BCUT2D eigenvalue weighted by Crippen LogP contribution is -2.14. The Bertz CT molecular complexity index is 657. The first-order valence-electron chi connectivity index (χ1n) is 6.00. The Morgan fingerprint density at radius 1 is 1.45 bits per heavy atom. The summed E-state index contributed by atoms with van der Waals surface area (Å²) >= 11 is 5.02. The van der Waals surface area contributed by atoms with E-state index in [1.807, 2.05) is 19.1 Å². The quantitative estimate of drug-likeness (QED) is 0.860. The fourth-order valence-electron chi connectivity index (χ4n) is 1.84. The Labute approximate surface area is 129 Å². The summed E-state index contributed by atoms with van der Waals surface area (Å²) in [6.45, 7) is 3.64. The second-order valence-corrected chi connectivity index (χ2v) is 7.00. The normalized spacial score (nSPS) is 12.2. The van der Waals surface area contributed by atoms with E-state index in [-0.39, 0.29) is 11.6 Å². The molecule has 1 unspecified atom stereocenters. The van der Waals surface area contributed by atoms with Gasteiger partial charge in [-0.05, 0) is 54.0 Å². The third-order valence-corrected chi connectivity index (χ3v) is 4.83. The summed E-state index contributed by atoms with van der Waals surface area (Å²) in [6, 6.07) is 6.71. The van der Waals surface area contributed by atoms with E-state index in [0.29, 0.717) is 11.3 Å². The molecule has 0 aliphatic heterocycles. The number of hydrogen-bond donors (Lipinski definition) is 2. The van der Waals surface area contributed by atoms with Crippen LogP contribution in [0.1, 0.15) is 33.8 Å². The van der Waals surface area contributed by atoms with Crippen LogP contribution in [0.2, 0.25) is 0 Å². The molecular weight excluding hydrogens is 343 g/mol. The summed E-state index contributed by atoms with van der Waals surface area (Å²) in [4.78, 5) is 12.3. The molecule has 2 aromatic rings. The van der Waals surface area contributed by atoms with Gasteiger partial charge in [0.15, 0.2) is 0 Å². The van der Waals surface area contributed by atoms with Crippen molar-refractivity contribution < 1.29 is 9.18 Å². The van der Waals surface area contributed by atoms with Crippen LogP contribution in [0, 0.1) is 12.7 Å². The summed E-state index contributed by atoms with van der Waals surface area (Å²) in [5.74, 6) is -1.08. The maximum Gasteiger partial charge on any atom is 0.248 e. The minimum atomic E-state index is -0.640. The number of amides is 1. The molecule has 0 bridgehead atoms. The second-order valence-electron chi connectivity index (χ2n) is 4.50. The molecule has 0 aliphatic rings. The monoisotopic (exact) mass is 356 g/mol. The number of carbonyl (C=O) groups excluding carboxylic acids is 1. The van der Waals surface area contributed by atoms with Gasteiger partial charge in [-0.1, -0.05) is 0 Å². The van der Waals surface area contributed by atoms with Crippen LogP contribution in [-0.4, -0.2) is 5.91 Å². The maximum atomic E-state index is 13.8. The molecule has 1 atom stereocenters. The van der Waals surface area contributed by atoms with Gasteiger partial charge >= 0.3 is 0 Å². The first-order chi connectivity index (χ1) is 9.38. The number of hydrogen-bond acceptors (Lipinski definition) is 3. The first kappa shape index (κ1) is 15.0. The average molecular weight is 357 g/mol. The lowest BCUT2D eigenvalue weighted by molar-refractivity contribution is 0.1000. The van der Waals surface area contributed by atoms with E-state index in [1.54, 1.807) is 24.3 Å². The average Bonchev–Trinajstić information content (AvgIpc) is 2.81. The zero-order valence-electron chi connectivity index (χ0n) is 11.0. The van der Waals surface area contributed by atoms with E-state index in [2.05, 4.69) is 21.2 Å². The van der Waals surface area contributed by atoms with Crippen LogP contribution in [0.4, 0.5) is 10.1 Å². The number of halogens is 2. The summed E-state index contributed by atoms with van der Waals surface area (Å²) in [5, 5.41) is 3.22. The molecule has 6 heteroatoms. The molecule has 1 heterocycles. The molecule has 0 spiro atoms. The van der Waals surface area contributed by atoms with Gasteiger partial charge in [0.1, 0.15) is 5.82 Å². The van der Waals surface area contributed by atoms with Gasteiger partial charge in [-0.3, -0.25) is 4.79 Å². The molecule has 20 heavy (non-hydrogen) atoms. The van der Waals surface area contributed by atoms with Crippen molar-refractivity contribution >= 4 is 38.9 Å². The summed E-state index contributed by atoms with van der Waals surface area (Å²) < 4.78 is 14.8. The van der Waals surface area contributed by atoms with E-state index in [0.717, 1.165) is 14.7 Å². The fraction of sp³-hybridized carbons (Fsp3) is 0.214. The van der Waals surface area contributed by atoms with E-state index in [1.165, 1.54) is 0 Å². The van der Waals surface area contributed by atoms with Crippen molar-refractivity contribution in [3.63, 3.8) is 0 Å². The van der Waals surface area contributed by atoms with Gasteiger partial charge in [0.05, 0.1) is 9.83 Å². The number of thiophene rings is 1. The van der Waals surface area contributed by atoms with Gasteiger partial charge in [0.25, 0.3) is 0 Å². The van der Waals surface area contributed by atoms with Crippen molar-refractivity contribution in [1.82, 2.24) is 0 Å². The zero-order valence-corrected chi connectivity index (χ0v) is 13.4. The molecule has 0 radical (unpaired) electrons. The number of benzene rings is 1. The molecule has 0 saturated carbocycles. The van der Waals surface area contributed by atoms with Crippen LogP contribution in [-0.2, 0) is 0 Å². The van der Waals surface area contributed by atoms with Gasteiger partial charge in [-0.25, -0.2) is 4.39 Å². The molecule has 1 aromatic heterocycles. The summed E-state index contributed by atoms with van der Waals surface area (Å²) in [5.41, 5.74) is 6.42. The summed E-state index contributed by atoms with van der Waals surface area (Å²) in [6.07, 6.45) is 0. The Hall–Kier alpha value is -1.40. The maximum absolute atomic E-state index is 13.8. The molecule has 0 fully saturated rings. The molecule has 106 valence electrons. The van der Waals surface area contributed by atoms with Crippen LogP contribution < -0.4 is 11.1 Å². The number of carbonyl (C=O) groups is 1.